The van der Waals surface area contributed by atoms with E-state index in [1.807, 2.05) is 20.8 Å². The third-order valence-electron chi connectivity index (χ3n) is 3.90. The zero-order chi connectivity index (χ0) is 13.1. The number of ether oxygens (including phenoxy) is 1. The second-order valence-corrected chi connectivity index (χ2v) is 5.60. The van der Waals surface area contributed by atoms with Crippen molar-refractivity contribution in [2.24, 2.45) is 11.8 Å². The molecule has 0 aromatic rings. The molecule has 3 nitrogen and oxygen atoms in total. The number of rotatable bonds is 5. The average Bonchev–Trinajstić information content (AvgIpc) is 2.53. The Hall–Kier alpha value is -0.570. The quantitative estimate of drug-likeness (QED) is 0.754. The van der Waals surface area contributed by atoms with Gasteiger partial charge in [0.25, 0.3) is 0 Å². The zero-order valence-electron chi connectivity index (χ0n) is 11.5. The minimum Gasteiger partial charge on any atom is -0.461 e. The van der Waals surface area contributed by atoms with E-state index >= 15 is 0 Å². The second kappa shape index (κ2) is 5.85. The van der Waals surface area contributed by atoms with Gasteiger partial charge in [-0.3, -0.25) is 0 Å². The molecule has 0 aromatic heterocycles. The number of aliphatic hydroxyl groups is 1. The molecular weight excluding hydrogens is 216 g/mol. The predicted molar refractivity (Wildman–Crippen MR) is 67.6 cm³/mol. The molecule has 3 atom stereocenters. The van der Waals surface area contributed by atoms with Crippen LogP contribution >= 0.6 is 0 Å². The molecular formula is C14H26O3. The summed E-state index contributed by atoms with van der Waals surface area (Å²) in [6.07, 6.45) is 4.77. The molecule has 1 rings (SSSR count). The van der Waals surface area contributed by atoms with Gasteiger partial charge in [0.1, 0.15) is 0 Å². The van der Waals surface area contributed by atoms with E-state index in [0.717, 1.165) is 32.1 Å². The summed E-state index contributed by atoms with van der Waals surface area (Å²) in [5.41, 5.74) is -1.25. The van der Waals surface area contributed by atoms with Crippen LogP contribution in [0.2, 0.25) is 0 Å². The molecule has 0 radical (unpaired) electrons. The molecule has 0 unspecified atom stereocenters. The number of carbonyl (C=O) groups is 1. The van der Waals surface area contributed by atoms with Crippen LogP contribution in [0.15, 0.2) is 0 Å². The summed E-state index contributed by atoms with van der Waals surface area (Å²) < 4.78 is 5.23. The summed E-state index contributed by atoms with van der Waals surface area (Å²) >= 11 is 0. The maximum Gasteiger partial charge on any atom is 0.338 e. The number of unbranched alkanes of at least 4 members (excludes halogenated alkanes) is 1. The molecule has 1 fully saturated rings. The van der Waals surface area contributed by atoms with Crippen molar-refractivity contribution in [3.8, 4) is 0 Å². The highest BCUT2D eigenvalue weighted by molar-refractivity contribution is 5.80. The molecule has 0 saturated heterocycles. The first kappa shape index (κ1) is 14.5. The molecule has 1 aliphatic carbocycles. The highest BCUT2D eigenvalue weighted by atomic mass is 16.6. The average molecular weight is 242 g/mol. The number of hydrogen-bond donors (Lipinski definition) is 1. The normalized spacial score (nSPS) is 33.1. The maximum atomic E-state index is 12.1. The fourth-order valence-corrected chi connectivity index (χ4v) is 2.78. The summed E-state index contributed by atoms with van der Waals surface area (Å²) in [5.74, 6) is -0.335. The van der Waals surface area contributed by atoms with Crippen molar-refractivity contribution in [3.05, 3.63) is 0 Å². The van der Waals surface area contributed by atoms with Gasteiger partial charge in [0.2, 0.25) is 0 Å². The van der Waals surface area contributed by atoms with Crippen molar-refractivity contribution in [2.45, 2.75) is 71.5 Å². The third kappa shape index (κ3) is 3.01. The minimum absolute atomic E-state index is 0.00982. The lowest BCUT2D eigenvalue weighted by atomic mass is 9.82. The topological polar surface area (TPSA) is 46.5 Å². The van der Waals surface area contributed by atoms with E-state index in [0.29, 0.717) is 0 Å². The van der Waals surface area contributed by atoms with Crippen molar-refractivity contribution in [1.82, 2.24) is 0 Å². The van der Waals surface area contributed by atoms with Crippen molar-refractivity contribution in [3.63, 3.8) is 0 Å². The molecule has 0 heterocycles. The fraction of sp³-hybridized carbons (Fsp3) is 0.929. The van der Waals surface area contributed by atoms with E-state index in [9.17, 15) is 9.90 Å². The van der Waals surface area contributed by atoms with Crippen LogP contribution in [0.25, 0.3) is 0 Å². The highest BCUT2D eigenvalue weighted by Gasteiger charge is 2.53. The number of esters is 1. The van der Waals surface area contributed by atoms with Gasteiger partial charge in [-0.15, -0.1) is 0 Å². The molecule has 1 N–H and O–H groups in total. The van der Waals surface area contributed by atoms with Crippen LogP contribution in [0.1, 0.15) is 59.8 Å². The van der Waals surface area contributed by atoms with Gasteiger partial charge in [-0.1, -0.05) is 26.7 Å². The maximum absolute atomic E-state index is 12.1. The summed E-state index contributed by atoms with van der Waals surface area (Å²) in [6, 6.07) is 0. The van der Waals surface area contributed by atoms with Crippen LogP contribution in [-0.2, 0) is 9.53 Å². The van der Waals surface area contributed by atoms with Gasteiger partial charge >= 0.3 is 5.97 Å². The van der Waals surface area contributed by atoms with Crippen molar-refractivity contribution < 1.29 is 14.6 Å². The van der Waals surface area contributed by atoms with E-state index in [2.05, 4.69) is 6.92 Å². The van der Waals surface area contributed by atoms with Gasteiger partial charge in [0.15, 0.2) is 5.60 Å². The Morgan fingerprint density at radius 1 is 1.47 bits per heavy atom. The van der Waals surface area contributed by atoms with Gasteiger partial charge in [0.05, 0.1) is 6.10 Å². The van der Waals surface area contributed by atoms with Crippen molar-refractivity contribution in [1.29, 1.82) is 0 Å². The molecule has 1 aliphatic rings. The van der Waals surface area contributed by atoms with E-state index in [-0.39, 0.29) is 17.9 Å². The zero-order valence-corrected chi connectivity index (χ0v) is 11.5. The number of carbonyl (C=O) groups excluding carboxylic acids is 1. The first-order chi connectivity index (χ1) is 7.92. The lowest BCUT2D eigenvalue weighted by Gasteiger charge is -2.32. The van der Waals surface area contributed by atoms with Gasteiger partial charge in [-0.25, -0.2) is 4.79 Å². The summed E-state index contributed by atoms with van der Waals surface area (Å²) in [6.45, 7) is 7.72. The van der Waals surface area contributed by atoms with E-state index in [1.54, 1.807) is 0 Å². The lowest BCUT2D eigenvalue weighted by Crippen LogP contribution is -2.48. The van der Waals surface area contributed by atoms with E-state index in [4.69, 9.17) is 4.74 Å². The monoisotopic (exact) mass is 242 g/mol. The minimum atomic E-state index is -1.25. The van der Waals surface area contributed by atoms with Crippen molar-refractivity contribution in [2.75, 3.05) is 0 Å². The smallest absolute Gasteiger partial charge is 0.338 e. The first-order valence-corrected chi connectivity index (χ1v) is 6.86. The Labute approximate surface area is 105 Å². The van der Waals surface area contributed by atoms with Crippen LogP contribution in [0.4, 0.5) is 0 Å². The number of hydrogen-bond acceptors (Lipinski definition) is 3. The van der Waals surface area contributed by atoms with Crippen LogP contribution in [0, 0.1) is 11.8 Å². The summed E-state index contributed by atoms with van der Waals surface area (Å²) in [5, 5.41) is 10.7. The molecule has 0 spiro atoms. The first-order valence-electron chi connectivity index (χ1n) is 6.86. The second-order valence-electron chi connectivity index (χ2n) is 5.60. The fourth-order valence-electron chi connectivity index (χ4n) is 2.78. The Kier molecular flexibility index (Phi) is 4.99. The molecule has 3 heteroatoms. The van der Waals surface area contributed by atoms with Gasteiger partial charge in [0, 0.05) is 0 Å². The summed E-state index contributed by atoms with van der Waals surface area (Å²) in [4.78, 5) is 12.1. The Bertz CT molecular complexity index is 262. The van der Waals surface area contributed by atoms with Crippen LogP contribution in [-0.4, -0.2) is 22.8 Å². The van der Waals surface area contributed by atoms with E-state index in [1.165, 1.54) is 0 Å². The molecule has 1 saturated carbocycles. The van der Waals surface area contributed by atoms with Crippen molar-refractivity contribution >= 4 is 5.97 Å². The summed E-state index contributed by atoms with van der Waals surface area (Å²) in [7, 11) is 0. The Balaban J connectivity index is 2.75. The molecule has 100 valence electrons. The molecule has 0 bridgehead atoms. The molecule has 17 heavy (non-hydrogen) atoms. The predicted octanol–water partition coefficient (Wildman–Crippen LogP) is 2.91. The van der Waals surface area contributed by atoms with E-state index < -0.39 is 11.6 Å². The molecule has 0 amide bonds. The molecule has 0 aliphatic heterocycles. The van der Waals surface area contributed by atoms with Gasteiger partial charge in [-0.05, 0) is 44.9 Å². The highest BCUT2D eigenvalue weighted by Crippen LogP contribution is 2.44. The SMILES string of the molecule is CCCC[C@@H]1CC[C@H](C)[C@@]1(O)C(=O)OC(C)C. The third-order valence-corrected chi connectivity index (χ3v) is 3.90. The Morgan fingerprint density at radius 3 is 2.65 bits per heavy atom. The van der Waals surface area contributed by atoms with Gasteiger partial charge < -0.3 is 9.84 Å². The van der Waals surface area contributed by atoms with Crippen LogP contribution in [0.3, 0.4) is 0 Å². The Morgan fingerprint density at radius 2 is 2.12 bits per heavy atom. The van der Waals surface area contributed by atoms with Gasteiger partial charge in [-0.2, -0.15) is 0 Å². The largest absolute Gasteiger partial charge is 0.461 e. The van der Waals surface area contributed by atoms with Crippen LogP contribution < -0.4 is 0 Å². The standard InChI is InChI=1S/C14H26O3/c1-5-6-7-12-9-8-11(4)14(12,16)13(15)17-10(2)3/h10-12,16H,5-9H2,1-4H3/t11-,12+,14-/m0/s1. The van der Waals surface area contributed by atoms with Crippen LogP contribution in [0.5, 0.6) is 0 Å². The lowest BCUT2D eigenvalue weighted by molar-refractivity contribution is -0.178. The molecule has 0 aromatic carbocycles.